The first-order valence-electron chi connectivity index (χ1n) is 6.62. The molecule has 0 aliphatic carbocycles. The normalized spacial score (nSPS) is 18.8. The summed E-state index contributed by atoms with van der Waals surface area (Å²) in [6, 6.07) is 1.71. The Labute approximate surface area is 114 Å². The van der Waals surface area contributed by atoms with Gasteiger partial charge in [0.1, 0.15) is 0 Å². The molecule has 0 amide bonds. The average Bonchev–Trinajstić information content (AvgIpc) is 2.89. The van der Waals surface area contributed by atoms with Gasteiger partial charge in [0.2, 0.25) is 10.0 Å². The Bertz CT molecular complexity index is 504. The largest absolute Gasteiger partial charge is 0.363 e. The van der Waals surface area contributed by atoms with Gasteiger partial charge in [0.05, 0.1) is 4.90 Å². The van der Waals surface area contributed by atoms with E-state index in [4.69, 9.17) is 0 Å². The van der Waals surface area contributed by atoms with E-state index in [1.165, 1.54) is 0 Å². The number of nitrogens with one attached hydrogen (secondary N) is 2. The second-order valence-corrected chi connectivity index (χ2v) is 6.67. The van der Waals surface area contributed by atoms with Crippen molar-refractivity contribution < 1.29 is 8.42 Å². The molecule has 0 spiro atoms. The molecule has 0 aromatic carbocycles. The number of nitrogens with zero attached hydrogens (tertiary/aromatic N) is 2. The fourth-order valence-corrected chi connectivity index (χ4v) is 3.74. The van der Waals surface area contributed by atoms with Gasteiger partial charge in [0, 0.05) is 44.6 Å². The summed E-state index contributed by atoms with van der Waals surface area (Å²) in [4.78, 5) is 5.62. The van der Waals surface area contributed by atoms with Crippen LogP contribution in [0.5, 0.6) is 0 Å². The van der Waals surface area contributed by atoms with Crippen LogP contribution in [-0.2, 0) is 16.6 Å². The van der Waals surface area contributed by atoms with Gasteiger partial charge in [-0.05, 0) is 19.7 Å². The summed E-state index contributed by atoms with van der Waals surface area (Å²) >= 11 is 0. The molecule has 1 fully saturated rings. The van der Waals surface area contributed by atoms with Gasteiger partial charge in [0.15, 0.2) is 0 Å². The lowest BCUT2D eigenvalue weighted by molar-refractivity contribution is 0.196. The van der Waals surface area contributed by atoms with E-state index in [0.717, 1.165) is 25.3 Å². The number of H-pyrrole nitrogens is 1. The molecule has 0 saturated carbocycles. The summed E-state index contributed by atoms with van der Waals surface area (Å²) in [5.74, 6) is 0. The molecule has 1 aromatic heterocycles. The van der Waals surface area contributed by atoms with Gasteiger partial charge in [-0.15, -0.1) is 0 Å². The first-order valence-corrected chi connectivity index (χ1v) is 8.06. The first kappa shape index (κ1) is 14.5. The third kappa shape index (κ3) is 3.17. The standard InChI is InChI=1S/C12H22N4O2S/c1-3-15-4-6-16(7-5-15)19(17,18)12-8-11(9-13-2)14-10-12/h8,10,13-14H,3-7,9H2,1-2H3. The van der Waals surface area contributed by atoms with Crippen molar-refractivity contribution in [3.8, 4) is 0 Å². The van der Waals surface area contributed by atoms with E-state index in [0.29, 0.717) is 24.5 Å². The molecule has 6 nitrogen and oxygen atoms in total. The molecule has 1 aliphatic heterocycles. The predicted molar refractivity (Wildman–Crippen MR) is 74.4 cm³/mol. The van der Waals surface area contributed by atoms with Crippen LogP contribution in [-0.4, -0.2) is 62.4 Å². The van der Waals surface area contributed by atoms with Crippen molar-refractivity contribution in [2.24, 2.45) is 0 Å². The number of sulfonamides is 1. The van der Waals surface area contributed by atoms with Gasteiger partial charge in [0.25, 0.3) is 0 Å². The number of rotatable bonds is 5. The van der Waals surface area contributed by atoms with Crippen molar-refractivity contribution in [2.45, 2.75) is 18.4 Å². The van der Waals surface area contributed by atoms with E-state index in [-0.39, 0.29) is 0 Å². The Morgan fingerprint density at radius 3 is 2.58 bits per heavy atom. The van der Waals surface area contributed by atoms with Crippen molar-refractivity contribution in [3.05, 3.63) is 18.0 Å². The van der Waals surface area contributed by atoms with Gasteiger partial charge in [-0.3, -0.25) is 0 Å². The Hall–Kier alpha value is -0.890. The molecule has 0 unspecified atom stereocenters. The van der Waals surface area contributed by atoms with Gasteiger partial charge in [-0.1, -0.05) is 6.92 Å². The van der Waals surface area contributed by atoms with E-state index < -0.39 is 10.0 Å². The molecule has 0 bridgehead atoms. The predicted octanol–water partition coefficient (Wildman–Crippen LogP) is 0.0603. The number of hydrogen-bond donors (Lipinski definition) is 2. The fourth-order valence-electron chi connectivity index (χ4n) is 2.30. The lowest BCUT2D eigenvalue weighted by Crippen LogP contribution is -2.48. The molecule has 7 heteroatoms. The van der Waals surface area contributed by atoms with Crippen molar-refractivity contribution in [2.75, 3.05) is 39.8 Å². The van der Waals surface area contributed by atoms with E-state index in [2.05, 4.69) is 22.1 Å². The maximum atomic E-state index is 12.5. The van der Waals surface area contributed by atoms with Crippen LogP contribution in [0.2, 0.25) is 0 Å². The Kier molecular flexibility index (Phi) is 4.62. The molecule has 2 heterocycles. The van der Waals surface area contributed by atoms with E-state index in [9.17, 15) is 8.42 Å². The van der Waals surface area contributed by atoms with Crippen molar-refractivity contribution in [1.82, 2.24) is 19.5 Å². The number of piperazine rings is 1. The van der Waals surface area contributed by atoms with Crippen LogP contribution in [0.25, 0.3) is 0 Å². The zero-order valence-electron chi connectivity index (χ0n) is 11.5. The van der Waals surface area contributed by atoms with E-state index in [1.807, 2.05) is 7.05 Å². The third-order valence-electron chi connectivity index (χ3n) is 3.50. The maximum absolute atomic E-state index is 12.5. The van der Waals surface area contributed by atoms with Gasteiger partial charge in [-0.2, -0.15) is 4.31 Å². The highest BCUT2D eigenvalue weighted by molar-refractivity contribution is 7.89. The van der Waals surface area contributed by atoms with Gasteiger partial charge in [-0.25, -0.2) is 8.42 Å². The minimum Gasteiger partial charge on any atom is -0.363 e. The molecule has 19 heavy (non-hydrogen) atoms. The lowest BCUT2D eigenvalue weighted by atomic mass is 10.4. The SMILES string of the molecule is CCN1CCN(S(=O)(=O)c2c[nH]c(CNC)c2)CC1. The molecule has 2 N–H and O–H groups in total. The van der Waals surface area contributed by atoms with Crippen LogP contribution in [0.4, 0.5) is 0 Å². The Balaban J connectivity index is 2.09. The quantitative estimate of drug-likeness (QED) is 0.803. The van der Waals surface area contributed by atoms with Crippen LogP contribution in [0.1, 0.15) is 12.6 Å². The minimum absolute atomic E-state index is 0.364. The monoisotopic (exact) mass is 286 g/mol. The highest BCUT2D eigenvalue weighted by Gasteiger charge is 2.28. The first-order chi connectivity index (χ1) is 9.07. The zero-order chi connectivity index (χ0) is 13.9. The summed E-state index contributed by atoms with van der Waals surface area (Å²) in [6.45, 7) is 6.47. The third-order valence-corrected chi connectivity index (χ3v) is 5.38. The van der Waals surface area contributed by atoms with E-state index >= 15 is 0 Å². The number of likely N-dealkylation sites (N-methyl/N-ethyl adjacent to an activating group) is 1. The van der Waals surface area contributed by atoms with Crippen LogP contribution < -0.4 is 5.32 Å². The van der Waals surface area contributed by atoms with Gasteiger partial charge >= 0.3 is 0 Å². The Morgan fingerprint density at radius 1 is 1.32 bits per heavy atom. The summed E-state index contributed by atoms with van der Waals surface area (Å²) in [5.41, 5.74) is 0.883. The highest BCUT2D eigenvalue weighted by Crippen LogP contribution is 2.18. The molecule has 0 atom stereocenters. The summed E-state index contributed by atoms with van der Waals surface area (Å²) in [7, 11) is -1.51. The highest BCUT2D eigenvalue weighted by atomic mass is 32.2. The minimum atomic E-state index is -3.34. The number of hydrogen-bond acceptors (Lipinski definition) is 4. The molecule has 2 rings (SSSR count). The molecule has 108 valence electrons. The number of aromatic amines is 1. The maximum Gasteiger partial charge on any atom is 0.244 e. The van der Waals surface area contributed by atoms with Crippen molar-refractivity contribution >= 4 is 10.0 Å². The number of aromatic nitrogens is 1. The van der Waals surface area contributed by atoms with Crippen LogP contribution in [0.3, 0.4) is 0 Å². The van der Waals surface area contributed by atoms with E-state index in [1.54, 1.807) is 16.6 Å². The van der Waals surface area contributed by atoms with Crippen LogP contribution >= 0.6 is 0 Å². The summed E-state index contributed by atoms with van der Waals surface area (Å²) in [6.07, 6.45) is 1.58. The molecule has 1 aliphatic rings. The molecule has 1 saturated heterocycles. The lowest BCUT2D eigenvalue weighted by Gasteiger charge is -2.32. The molecular formula is C12H22N4O2S. The second-order valence-electron chi connectivity index (χ2n) is 4.73. The van der Waals surface area contributed by atoms with Crippen molar-refractivity contribution in [3.63, 3.8) is 0 Å². The fraction of sp³-hybridized carbons (Fsp3) is 0.667. The van der Waals surface area contributed by atoms with Crippen molar-refractivity contribution in [1.29, 1.82) is 0 Å². The molecule has 1 aromatic rings. The summed E-state index contributed by atoms with van der Waals surface area (Å²) in [5, 5.41) is 3.00. The Morgan fingerprint density at radius 2 is 2.00 bits per heavy atom. The van der Waals surface area contributed by atoms with Gasteiger partial charge < -0.3 is 15.2 Å². The second kappa shape index (κ2) is 6.04. The van der Waals surface area contributed by atoms with Crippen LogP contribution in [0.15, 0.2) is 17.2 Å². The summed E-state index contributed by atoms with van der Waals surface area (Å²) < 4.78 is 26.5. The molecular weight excluding hydrogens is 264 g/mol. The topological polar surface area (TPSA) is 68.4 Å². The van der Waals surface area contributed by atoms with Crippen LogP contribution in [0, 0.1) is 0 Å². The molecule has 0 radical (unpaired) electrons. The zero-order valence-corrected chi connectivity index (χ0v) is 12.3. The smallest absolute Gasteiger partial charge is 0.244 e. The average molecular weight is 286 g/mol.